The Balaban J connectivity index is 0.00000120. The third-order valence-corrected chi connectivity index (χ3v) is 4.23. The quantitative estimate of drug-likeness (QED) is 0.852. The Hall–Kier alpha value is 0.134. The summed E-state index contributed by atoms with van der Waals surface area (Å²) in [6, 6.07) is 7.07. The minimum atomic E-state index is 0. The number of thiazole rings is 1. The maximum absolute atomic E-state index is 4.27. The van der Waals surface area contributed by atoms with Gasteiger partial charge in [-0.15, -0.1) is 10.8 Å². The fraction of sp³-hybridized carbons (Fsp3) is 0.462. The van der Waals surface area contributed by atoms with Crippen LogP contribution in [0.4, 0.5) is 0 Å². The predicted octanol–water partition coefficient (Wildman–Crippen LogP) is 2.06. The zero-order valence-corrected chi connectivity index (χ0v) is 14.2. The molecule has 1 aliphatic heterocycles. The zero-order chi connectivity index (χ0) is 11.7. The smallest absolute Gasteiger partial charge is 0.0310 e. The van der Waals surface area contributed by atoms with Gasteiger partial charge in [0, 0.05) is 64.9 Å². The molecule has 1 aromatic carbocycles. The van der Waals surface area contributed by atoms with Crippen molar-refractivity contribution in [2.45, 2.75) is 13.0 Å². The van der Waals surface area contributed by atoms with Crippen LogP contribution in [0.25, 0.3) is 10.2 Å². The molecule has 3 nitrogen and oxygen atoms in total. The van der Waals surface area contributed by atoms with Crippen LogP contribution in [0.3, 0.4) is 0 Å². The summed E-state index contributed by atoms with van der Waals surface area (Å²) in [5.41, 5.74) is 5.39. The summed E-state index contributed by atoms with van der Waals surface area (Å²) < 4.78 is 1.22. The van der Waals surface area contributed by atoms with Crippen LogP contribution in [-0.2, 0) is 32.7 Å². The summed E-state index contributed by atoms with van der Waals surface area (Å²) >= 11 is 1.58. The summed E-state index contributed by atoms with van der Waals surface area (Å²) in [6.45, 7) is 6.72. The number of aromatic nitrogens is 1. The molecule has 3 rings (SSSR count). The van der Waals surface area contributed by atoms with Crippen molar-refractivity contribution in [1.29, 1.82) is 0 Å². The van der Waals surface area contributed by atoms with Crippen molar-refractivity contribution in [1.82, 2.24) is 15.2 Å². The van der Waals surface area contributed by atoms with E-state index in [1.807, 2.05) is 0 Å². The van der Waals surface area contributed by atoms with Crippen LogP contribution in [0.15, 0.2) is 18.2 Å². The molecule has 0 unspecified atom stereocenters. The van der Waals surface area contributed by atoms with E-state index in [2.05, 4.69) is 45.8 Å². The normalized spacial score (nSPS) is 18.5. The van der Waals surface area contributed by atoms with Gasteiger partial charge in [0.2, 0.25) is 0 Å². The van der Waals surface area contributed by atoms with Crippen molar-refractivity contribution in [2.24, 2.45) is 0 Å². The van der Waals surface area contributed by atoms with Crippen molar-refractivity contribution in [2.75, 3.05) is 26.2 Å². The van der Waals surface area contributed by atoms with Crippen LogP contribution in [-0.4, -0.2) is 36.1 Å². The molecule has 1 aliphatic rings. The van der Waals surface area contributed by atoms with Gasteiger partial charge in [0.05, 0.1) is 0 Å². The third kappa shape index (κ3) is 2.99. The summed E-state index contributed by atoms with van der Waals surface area (Å²) in [5.74, 6) is 0. The van der Waals surface area contributed by atoms with Crippen molar-refractivity contribution in [3.63, 3.8) is 0 Å². The summed E-state index contributed by atoms with van der Waals surface area (Å²) in [7, 11) is 0. The molecular weight excluding hydrogens is 319 g/mol. The second-order valence-electron chi connectivity index (χ2n) is 4.49. The molecule has 0 saturated carbocycles. The van der Waals surface area contributed by atoms with Gasteiger partial charge in [-0.25, -0.2) is 0 Å². The summed E-state index contributed by atoms with van der Waals surface area (Å²) in [4.78, 5) is 6.79. The third-order valence-electron chi connectivity index (χ3n) is 3.49. The van der Waals surface area contributed by atoms with Gasteiger partial charge >= 0.3 is 0 Å². The Morgan fingerprint density at radius 2 is 2.17 bits per heavy atom. The summed E-state index contributed by atoms with van der Waals surface area (Å²) in [5, 5.41) is 3.39. The first-order valence-corrected chi connectivity index (χ1v) is 6.87. The second kappa shape index (κ2) is 6.53. The maximum Gasteiger partial charge on any atom is 0.0310 e. The van der Waals surface area contributed by atoms with E-state index in [-0.39, 0.29) is 32.7 Å². The van der Waals surface area contributed by atoms with Crippen LogP contribution in [0.2, 0.25) is 0 Å². The standard InChI is InChI=1S/C13H16N3S.Y/c1-10(16-6-4-14-5-7-16)11-2-3-13-12(8-11)15-9-17-13;/h2-3,8,10,14H,4-7H2,1H3;/q-1;/t10-;/m0./s1. The van der Waals surface area contributed by atoms with Gasteiger partial charge < -0.3 is 10.3 Å². The van der Waals surface area contributed by atoms with Gasteiger partial charge in [-0.05, 0) is 18.0 Å². The van der Waals surface area contributed by atoms with Crippen molar-refractivity contribution in [3.05, 3.63) is 29.3 Å². The second-order valence-corrected chi connectivity index (χ2v) is 5.32. The molecule has 2 aromatic rings. The molecule has 1 radical (unpaired) electrons. The predicted molar refractivity (Wildman–Crippen MR) is 71.3 cm³/mol. The number of fused-ring (bicyclic) bond motifs is 1. The molecule has 1 saturated heterocycles. The van der Waals surface area contributed by atoms with E-state index in [4.69, 9.17) is 0 Å². The molecule has 93 valence electrons. The number of rotatable bonds is 2. The molecule has 0 aliphatic carbocycles. The topological polar surface area (TPSA) is 28.2 Å². The van der Waals surface area contributed by atoms with Gasteiger partial charge in [0.25, 0.3) is 0 Å². The van der Waals surface area contributed by atoms with E-state index in [0.29, 0.717) is 6.04 Å². The van der Waals surface area contributed by atoms with Crippen molar-refractivity contribution in [3.8, 4) is 0 Å². The van der Waals surface area contributed by atoms with Crippen LogP contribution in [0, 0.1) is 5.51 Å². The number of nitrogens with zero attached hydrogens (tertiary/aromatic N) is 2. The van der Waals surface area contributed by atoms with Gasteiger partial charge in [0.1, 0.15) is 0 Å². The van der Waals surface area contributed by atoms with Gasteiger partial charge in [-0.1, -0.05) is 17.6 Å². The molecule has 1 atom stereocenters. The number of nitrogens with one attached hydrogen (secondary N) is 1. The molecule has 0 bridgehead atoms. The number of hydrogen-bond acceptors (Lipinski definition) is 4. The van der Waals surface area contributed by atoms with Crippen LogP contribution < -0.4 is 5.32 Å². The molecule has 18 heavy (non-hydrogen) atoms. The molecule has 1 N–H and O–H groups in total. The van der Waals surface area contributed by atoms with Crippen LogP contribution in [0.1, 0.15) is 18.5 Å². The van der Waals surface area contributed by atoms with Gasteiger partial charge in [0.15, 0.2) is 0 Å². The molecular formula is C13H16N3SY-. The maximum atomic E-state index is 4.27. The van der Waals surface area contributed by atoms with E-state index >= 15 is 0 Å². The first kappa shape index (κ1) is 14.5. The van der Waals surface area contributed by atoms with Crippen LogP contribution >= 0.6 is 11.3 Å². The SMILES string of the molecule is C[C@@H](c1ccc2s[c-]nc2c1)N1CCNCC1.[Y]. The minimum Gasteiger partial charge on any atom is -0.386 e. The number of benzene rings is 1. The Morgan fingerprint density at radius 1 is 1.39 bits per heavy atom. The largest absolute Gasteiger partial charge is 0.386 e. The van der Waals surface area contributed by atoms with Crippen molar-refractivity contribution < 1.29 is 32.7 Å². The molecule has 5 heteroatoms. The van der Waals surface area contributed by atoms with E-state index in [1.54, 1.807) is 11.3 Å². The Kier molecular flexibility index (Phi) is 5.28. The number of piperazine rings is 1. The molecule has 0 amide bonds. The molecule has 1 aromatic heterocycles. The molecule has 1 fully saturated rings. The van der Waals surface area contributed by atoms with Crippen molar-refractivity contribution >= 4 is 21.6 Å². The van der Waals surface area contributed by atoms with Crippen LogP contribution in [0.5, 0.6) is 0 Å². The minimum absolute atomic E-state index is 0. The molecule has 0 spiro atoms. The van der Waals surface area contributed by atoms with E-state index in [0.717, 1.165) is 31.7 Å². The van der Waals surface area contributed by atoms with E-state index in [1.165, 1.54) is 10.3 Å². The average Bonchev–Trinajstić information content (AvgIpc) is 2.86. The Morgan fingerprint density at radius 3 is 2.94 bits per heavy atom. The Labute approximate surface area is 137 Å². The zero-order valence-electron chi connectivity index (χ0n) is 10.5. The van der Waals surface area contributed by atoms with Gasteiger partial charge in [-0.3, -0.25) is 16.2 Å². The fourth-order valence-electron chi connectivity index (χ4n) is 2.37. The summed E-state index contributed by atoms with van der Waals surface area (Å²) in [6.07, 6.45) is 0. The Bertz CT molecular complexity index is 508. The first-order valence-electron chi connectivity index (χ1n) is 6.06. The average molecular weight is 335 g/mol. The van der Waals surface area contributed by atoms with Gasteiger partial charge in [-0.2, -0.15) is 0 Å². The molecule has 2 heterocycles. The monoisotopic (exact) mass is 335 g/mol. The first-order chi connectivity index (χ1) is 8.34. The number of hydrogen-bond donors (Lipinski definition) is 1. The van der Waals surface area contributed by atoms with E-state index in [9.17, 15) is 0 Å². The fourth-order valence-corrected chi connectivity index (χ4v) is 2.96. The van der Waals surface area contributed by atoms with E-state index < -0.39 is 0 Å².